The number of hydrogen-bond donors (Lipinski definition) is 1. The molecule has 1 aromatic carbocycles. The van der Waals surface area contributed by atoms with Gasteiger partial charge in [0.05, 0.1) is 12.6 Å². The maximum absolute atomic E-state index is 5.83. The number of nitrogens with one attached hydrogen (secondary N) is 1. The Balaban J connectivity index is 1.89. The Morgan fingerprint density at radius 1 is 1.32 bits per heavy atom. The number of ether oxygens (including phenoxy) is 1. The Labute approximate surface area is 118 Å². The first kappa shape index (κ1) is 12.7. The van der Waals surface area contributed by atoms with Gasteiger partial charge in [-0.25, -0.2) is 0 Å². The lowest BCUT2D eigenvalue weighted by Crippen LogP contribution is -2.28. The summed E-state index contributed by atoms with van der Waals surface area (Å²) in [5, 5.41) is 5.84. The normalized spacial score (nSPS) is 18.9. The molecular weight excluding hydrogens is 254 g/mol. The fourth-order valence-corrected chi connectivity index (χ4v) is 3.54. The average Bonchev–Trinajstić information content (AvgIpc) is 3.09. The van der Waals surface area contributed by atoms with Gasteiger partial charge in [-0.15, -0.1) is 11.3 Å². The van der Waals surface area contributed by atoms with Crippen LogP contribution in [0.25, 0.3) is 0 Å². The highest BCUT2D eigenvalue weighted by Gasteiger charge is 2.32. The van der Waals surface area contributed by atoms with Crippen molar-refractivity contribution in [3.8, 4) is 5.75 Å². The minimum absolute atomic E-state index is 0.364. The van der Waals surface area contributed by atoms with Gasteiger partial charge in [-0.05, 0) is 30.5 Å². The summed E-state index contributed by atoms with van der Waals surface area (Å²) < 4.78 is 5.83. The molecule has 100 valence electrons. The molecule has 3 rings (SSSR count). The predicted octanol–water partition coefficient (Wildman–Crippen LogP) is 3.97. The number of thiophene rings is 1. The molecule has 0 saturated heterocycles. The number of para-hydroxylation sites is 1. The summed E-state index contributed by atoms with van der Waals surface area (Å²) in [5.74, 6) is 1.47. The lowest BCUT2D eigenvalue weighted by molar-refractivity contribution is 0.301. The van der Waals surface area contributed by atoms with E-state index in [-0.39, 0.29) is 0 Å². The summed E-state index contributed by atoms with van der Waals surface area (Å²) >= 11 is 1.82. The Kier molecular flexibility index (Phi) is 3.85. The van der Waals surface area contributed by atoms with Crippen LogP contribution in [0, 0.1) is 0 Å². The zero-order valence-corrected chi connectivity index (χ0v) is 12.0. The van der Waals surface area contributed by atoms with E-state index in [0.29, 0.717) is 12.0 Å². The van der Waals surface area contributed by atoms with Gasteiger partial charge in [-0.1, -0.05) is 31.2 Å². The van der Waals surface area contributed by atoms with Crippen molar-refractivity contribution in [2.45, 2.75) is 25.3 Å². The first-order chi connectivity index (χ1) is 9.40. The lowest BCUT2D eigenvalue weighted by atomic mass is 9.92. The Hall–Kier alpha value is -1.32. The van der Waals surface area contributed by atoms with Crippen LogP contribution < -0.4 is 10.1 Å². The minimum atomic E-state index is 0.364. The molecule has 0 spiro atoms. The van der Waals surface area contributed by atoms with Crippen molar-refractivity contribution in [3.63, 3.8) is 0 Å². The second-order valence-corrected chi connectivity index (χ2v) is 5.88. The Bertz CT molecular complexity index is 523. The van der Waals surface area contributed by atoms with Gasteiger partial charge in [0, 0.05) is 16.4 Å². The molecule has 0 radical (unpaired) electrons. The zero-order valence-electron chi connectivity index (χ0n) is 11.1. The summed E-state index contributed by atoms with van der Waals surface area (Å²) in [4.78, 5) is 1.40. The molecule has 2 nitrogen and oxygen atoms in total. The van der Waals surface area contributed by atoms with Crippen molar-refractivity contribution in [2.24, 2.45) is 0 Å². The van der Waals surface area contributed by atoms with Crippen molar-refractivity contribution in [1.82, 2.24) is 5.32 Å². The smallest absolute Gasteiger partial charge is 0.122 e. The average molecular weight is 273 g/mol. The van der Waals surface area contributed by atoms with E-state index in [2.05, 4.69) is 48.0 Å². The highest BCUT2D eigenvalue weighted by atomic mass is 32.1. The minimum Gasteiger partial charge on any atom is -0.493 e. The summed E-state index contributed by atoms with van der Waals surface area (Å²) in [5.41, 5.74) is 1.34. The van der Waals surface area contributed by atoms with Gasteiger partial charge in [0.2, 0.25) is 0 Å². The largest absolute Gasteiger partial charge is 0.493 e. The number of fused-ring (bicyclic) bond motifs is 1. The highest BCUT2D eigenvalue weighted by Crippen LogP contribution is 2.42. The molecule has 1 aromatic heterocycles. The van der Waals surface area contributed by atoms with Crippen LogP contribution in [-0.4, -0.2) is 13.2 Å². The van der Waals surface area contributed by atoms with Crippen molar-refractivity contribution in [1.29, 1.82) is 0 Å². The van der Waals surface area contributed by atoms with Crippen LogP contribution in [0.4, 0.5) is 0 Å². The predicted molar refractivity (Wildman–Crippen MR) is 80.0 cm³/mol. The molecular formula is C16H19NOS. The van der Waals surface area contributed by atoms with Crippen molar-refractivity contribution in [2.75, 3.05) is 13.2 Å². The van der Waals surface area contributed by atoms with E-state index in [4.69, 9.17) is 4.74 Å². The number of benzene rings is 1. The van der Waals surface area contributed by atoms with Crippen LogP contribution in [0.15, 0.2) is 41.8 Å². The third-order valence-electron chi connectivity index (χ3n) is 3.60. The monoisotopic (exact) mass is 273 g/mol. The van der Waals surface area contributed by atoms with Gasteiger partial charge in [0.15, 0.2) is 0 Å². The molecule has 19 heavy (non-hydrogen) atoms. The molecule has 2 atom stereocenters. The fraction of sp³-hybridized carbons (Fsp3) is 0.375. The molecule has 1 N–H and O–H groups in total. The SMILES string of the molecule is CCCNC(c1cccs1)C1COc2ccccc21. The summed E-state index contributed by atoms with van der Waals surface area (Å²) in [6, 6.07) is 13.1. The van der Waals surface area contributed by atoms with Crippen molar-refractivity contribution in [3.05, 3.63) is 52.2 Å². The first-order valence-electron chi connectivity index (χ1n) is 6.88. The van der Waals surface area contributed by atoms with Gasteiger partial charge < -0.3 is 10.1 Å². The Morgan fingerprint density at radius 3 is 3.00 bits per heavy atom. The van der Waals surface area contributed by atoms with Gasteiger partial charge in [-0.3, -0.25) is 0 Å². The molecule has 0 fully saturated rings. The first-order valence-corrected chi connectivity index (χ1v) is 7.76. The second kappa shape index (κ2) is 5.76. The van der Waals surface area contributed by atoms with Crippen molar-refractivity contribution < 1.29 is 4.74 Å². The second-order valence-electron chi connectivity index (χ2n) is 4.90. The molecule has 0 saturated carbocycles. The topological polar surface area (TPSA) is 21.3 Å². The van der Waals surface area contributed by atoms with Crippen LogP contribution in [-0.2, 0) is 0 Å². The van der Waals surface area contributed by atoms with E-state index >= 15 is 0 Å². The van der Waals surface area contributed by atoms with E-state index in [1.165, 1.54) is 10.4 Å². The molecule has 1 aliphatic heterocycles. The third-order valence-corrected chi connectivity index (χ3v) is 4.56. The van der Waals surface area contributed by atoms with E-state index in [9.17, 15) is 0 Å². The van der Waals surface area contributed by atoms with Crippen LogP contribution >= 0.6 is 11.3 Å². The van der Waals surface area contributed by atoms with Gasteiger partial charge in [0.1, 0.15) is 5.75 Å². The molecule has 3 heteroatoms. The number of rotatable bonds is 5. The highest BCUT2D eigenvalue weighted by molar-refractivity contribution is 7.10. The number of hydrogen-bond acceptors (Lipinski definition) is 3. The Morgan fingerprint density at radius 2 is 2.21 bits per heavy atom. The quantitative estimate of drug-likeness (QED) is 0.890. The maximum Gasteiger partial charge on any atom is 0.122 e. The summed E-state index contributed by atoms with van der Waals surface area (Å²) in [7, 11) is 0. The fourth-order valence-electron chi connectivity index (χ4n) is 2.67. The van der Waals surface area contributed by atoms with E-state index < -0.39 is 0 Å². The van der Waals surface area contributed by atoms with Gasteiger partial charge >= 0.3 is 0 Å². The van der Waals surface area contributed by atoms with Crippen LogP contribution in [0.1, 0.15) is 35.7 Å². The lowest BCUT2D eigenvalue weighted by Gasteiger charge is -2.23. The summed E-state index contributed by atoms with van der Waals surface area (Å²) in [6.45, 7) is 4.03. The van der Waals surface area contributed by atoms with Crippen LogP contribution in [0.5, 0.6) is 5.75 Å². The van der Waals surface area contributed by atoms with Gasteiger partial charge in [-0.2, -0.15) is 0 Å². The van der Waals surface area contributed by atoms with Gasteiger partial charge in [0.25, 0.3) is 0 Å². The molecule has 0 aliphatic carbocycles. The molecule has 1 aliphatic rings. The van der Waals surface area contributed by atoms with E-state index in [1.54, 1.807) is 0 Å². The van der Waals surface area contributed by atoms with Crippen LogP contribution in [0.3, 0.4) is 0 Å². The third kappa shape index (κ3) is 2.53. The molecule has 2 aromatic rings. The maximum atomic E-state index is 5.83. The van der Waals surface area contributed by atoms with Crippen molar-refractivity contribution >= 4 is 11.3 Å². The van der Waals surface area contributed by atoms with E-state index in [1.807, 2.05) is 17.4 Å². The standard InChI is InChI=1S/C16H19NOS/c1-2-9-17-16(15-8-5-10-19-15)13-11-18-14-7-4-3-6-12(13)14/h3-8,10,13,16-17H,2,9,11H2,1H3. The van der Waals surface area contributed by atoms with Crippen LogP contribution in [0.2, 0.25) is 0 Å². The van der Waals surface area contributed by atoms with E-state index in [0.717, 1.165) is 25.3 Å². The molecule has 0 bridgehead atoms. The molecule has 2 unspecified atom stereocenters. The summed E-state index contributed by atoms with van der Waals surface area (Å²) in [6.07, 6.45) is 1.15. The zero-order chi connectivity index (χ0) is 13.1. The molecule has 0 amide bonds. The molecule has 2 heterocycles.